The highest BCUT2D eigenvalue weighted by atomic mass is 79.9. The Morgan fingerprint density at radius 2 is 2.11 bits per heavy atom. The molecular formula is C14H15BrClNS2. The van der Waals surface area contributed by atoms with Gasteiger partial charge in [-0.3, -0.25) is 0 Å². The number of benzene rings is 1. The molecule has 0 aliphatic rings. The van der Waals surface area contributed by atoms with Gasteiger partial charge in [0.2, 0.25) is 0 Å². The van der Waals surface area contributed by atoms with E-state index in [1.54, 1.807) is 23.1 Å². The number of thioether (sulfide) groups is 1. The molecule has 0 saturated carbocycles. The van der Waals surface area contributed by atoms with E-state index in [0.29, 0.717) is 6.04 Å². The molecule has 0 saturated heterocycles. The van der Waals surface area contributed by atoms with Crippen LogP contribution in [0.1, 0.15) is 4.88 Å². The van der Waals surface area contributed by atoms with Crippen LogP contribution in [-0.4, -0.2) is 18.8 Å². The zero-order valence-corrected chi connectivity index (χ0v) is 14.5. The Kier molecular flexibility index (Phi) is 6.23. The van der Waals surface area contributed by atoms with Gasteiger partial charge in [-0.25, -0.2) is 0 Å². The SMILES string of the molecule is CNC(CSc1ccccc1Cl)Cc1ccc(Br)s1. The first-order valence-electron chi connectivity index (χ1n) is 5.98. The molecule has 1 aromatic heterocycles. The lowest BCUT2D eigenvalue weighted by atomic mass is 10.2. The minimum Gasteiger partial charge on any atom is -0.316 e. The lowest BCUT2D eigenvalue weighted by Gasteiger charge is -2.15. The predicted molar refractivity (Wildman–Crippen MR) is 90.7 cm³/mol. The van der Waals surface area contributed by atoms with Gasteiger partial charge in [-0.15, -0.1) is 23.1 Å². The van der Waals surface area contributed by atoms with Gasteiger partial charge in [0.1, 0.15) is 0 Å². The Hall–Kier alpha value is -0.0000000000000000833. The second kappa shape index (κ2) is 7.70. The molecule has 0 aliphatic heterocycles. The minimum atomic E-state index is 0.451. The fourth-order valence-corrected chi connectivity index (χ4v) is 4.61. The van der Waals surface area contributed by atoms with Gasteiger partial charge < -0.3 is 5.32 Å². The zero-order chi connectivity index (χ0) is 13.7. The van der Waals surface area contributed by atoms with Crippen molar-refractivity contribution < 1.29 is 0 Å². The minimum absolute atomic E-state index is 0.451. The highest BCUT2D eigenvalue weighted by Crippen LogP contribution is 2.28. The number of rotatable bonds is 6. The largest absolute Gasteiger partial charge is 0.316 e. The molecule has 1 nitrogen and oxygen atoms in total. The number of nitrogens with one attached hydrogen (secondary N) is 1. The van der Waals surface area contributed by atoms with Crippen LogP contribution in [0.3, 0.4) is 0 Å². The maximum absolute atomic E-state index is 6.17. The normalized spacial score (nSPS) is 12.6. The summed E-state index contributed by atoms with van der Waals surface area (Å²) in [5.41, 5.74) is 0. The third-order valence-electron chi connectivity index (χ3n) is 2.76. The molecule has 1 atom stereocenters. The fraction of sp³-hybridized carbons (Fsp3) is 0.286. The van der Waals surface area contributed by atoms with Crippen LogP contribution in [-0.2, 0) is 6.42 Å². The second-order valence-electron chi connectivity index (χ2n) is 4.14. The van der Waals surface area contributed by atoms with Crippen LogP contribution >= 0.6 is 50.6 Å². The van der Waals surface area contributed by atoms with E-state index in [1.165, 1.54) is 8.66 Å². The van der Waals surface area contributed by atoms with Crippen LogP contribution in [0, 0.1) is 0 Å². The molecule has 0 amide bonds. The van der Waals surface area contributed by atoms with Crippen LogP contribution < -0.4 is 5.32 Å². The lowest BCUT2D eigenvalue weighted by molar-refractivity contribution is 0.622. The third kappa shape index (κ3) is 4.80. The van der Waals surface area contributed by atoms with E-state index in [0.717, 1.165) is 22.1 Å². The fourth-order valence-electron chi connectivity index (χ4n) is 1.70. The summed E-state index contributed by atoms with van der Waals surface area (Å²) in [6.45, 7) is 0. The Labute approximate surface area is 135 Å². The van der Waals surface area contributed by atoms with Gasteiger partial charge in [0.25, 0.3) is 0 Å². The maximum Gasteiger partial charge on any atom is 0.0701 e. The van der Waals surface area contributed by atoms with Gasteiger partial charge in [0.05, 0.1) is 8.81 Å². The molecule has 0 fully saturated rings. The first kappa shape index (κ1) is 15.4. The van der Waals surface area contributed by atoms with Gasteiger partial charge in [0.15, 0.2) is 0 Å². The van der Waals surface area contributed by atoms with Crippen molar-refractivity contribution in [2.75, 3.05) is 12.8 Å². The van der Waals surface area contributed by atoms with Crippen LogP contribution in [0.4, 0.5) is 0 Å². The van der Waals surface area contributed by atoms with Crippen LogP contribution in [0.15, 0.2) is 45.1 Å². The Morgan fingerprint density at radius 1 is 1.32 bits per heavy atom. The van der Waals surface area contributed by atoms with Crippen LogP contribution in [0.25, 0.3) is 0 Å². The smallest absolute Gasteiger partial charge is 0.0701 e. The molecule has 1 heterocycles. The van der Waals surface area contributed by atoms with Gasteiger partial charge in [-0.2, -0.15) is 0 Å². The van der Waals surface area contributed by atoms with Crippen molar-refractivity contribution in [3.8, 4) is 0 Å². The summed E-state index contributed by atoms with van der Waals surface area (Å²) < 4.78 is 1.19. The monoisotopic (exact) mass is 375 g/mol. The summed E-state index contributed by atoms with van der Waals surface area (Å²) in [6.07, 6.45) is 1.05. The molecule has 2 aromatic rings. The first-order chi connectivity index (χ1) is 9.19. The summed E-state index contributed by atoms with van der Waals surface area (Å²) in [7, 11) is 2.01. The van der Waals surface area contributed by atoms with Gasteiger partial charge in [-0.05, 0) is 53.7 Å². The van der Waals surface area contributed by atoms with Gasteiger partial charge in [0, 0.05) is 21.6 Å². The summed E-state index contributed by atoms with van der Waals surface area (Å²) >= 11 is 13.3. The zero-order valence-electron chi connectivity index (χ0n) is 10.5. The van der Waals surface area contributed by atoms with Crippen molar-refractivity contribution in [3.63, 3.8) is 0 Å². The van der Waals surface area contributed by atoms with E-state index < -0.39 is 0 Å². The molecule has 0 bridgehead atoms. The molecule has 0 spiro atoms. The van der Waals surface area contributed by atoms with E-state index >= 15 is 0 Å². The molecule has 1 aromatic carbocycles. The van der Waals surface area contributed by atoms with E-state index in [9.17, 15) is 0 Å². The van der Waals surface area contributed by atoms with E-state index in [2.05, 4.69) is 39.4 Å². The molecule has 0 aliphatic carbocycles. The topological polar surface area (TPSA) is 12.0 Å². The van der Waals surface area contributed by atoms with E-state index in [1.807, 2.05) is 25.2 Å². The van der Waals surface area contributed by atoms with Crippen molar-refractivity contribution in [1.82, 2.24) is 5.32 Å². The van der Waals surface area contributed by atoms with Crippen LogP contribution in [0.2, 0.25) is 5.02 Å². The number of hydrogen-bond donors (Lipinski definition) is 1. The Balaban J connectivity index is 1.91. The van der Waals surface area contributed by atoms with E-state index in [-0.39, 0.29) is 0 Å². The summed E-state index contributed by atoms with van der Waals surface area (Å²) in [5.74, 6) is 1.01. The van der Waals surface area contributed by atoms with Crippen molar-refractivity contribution >= 4 is 50.6 Å². The summed E-state index contributed by atoms with van der Waals surface area (Å²) in [4.78, 5) is 2.54. The molecular weight excluding hydrogens is 362 g/mol. The Bertz CT molecular complexity index is 530. The molecule has 1 unspecified atom stereocenters. The molecule has 2 rings (SSSR count). The number of thiophene rings is 1. The van der Waals surface area contributed by atoms with Crippen LogP contribution in [0.5, 0.6) is 0 Å². The first-order valence-corrected chi connectivity index (χ1v) is 8.95. The van der Waals surface area contributed by atoms with Gasteiger partial charge in [-0.1, -0.05) is 23.7 Å². The molecule has 1 N–H and O–H groups in total. The third-order valence-corrected chi connectivity index (χ3v) is 6.09. The van der Waals surface area contributed by atoms with E-state index in [4.69, 9.17) is 11.6 Å². The highest BCUT2D eigenvalue weighted by molar-refractivity contribution is 9.11. The molecule has 102 valence electrons. The highest BCUT2D eigenvalue weighted by Gasteiger charge is 2.10. The average molecular weight is 377 g/mol. The second-order valence-corrected chi connectivity index (χ2v) is 8.15. The standard InChI is InChI=1S/C14H15BrClNS2/c1-17-10(8-11-6-7-14(15)19-11)9-18-13-5-3-2-4-12(13)16/h2-7,10,17H,8-9H2,1H3. The number of hydrogen-bond acceptors (Lipinski definition) is 3. The lowest BCUT2D eigenvalue weighted by Crippen LogP contribution is -2.29. The maximum atomic E-state index is 6.17. The molecule has 19 heavy (non-hydrogen) atoms. The Morgan fingerprint density at radius 3 is 2.74 bits per heavy atom. The predicted octanol–water partition coefficient (Wildman–Crippen LogP) is 5.09. The number of halogens is 2. The molecule has 5 heteroatoms. The number of likely N-dealkylation sites (N-methyl/N-ethyl adjacent to an activating group) is 1. The van der Waals surface area contributed by atoms with Crippen molar-refractivity contribution in [3.05, 3.63) is 50.1 Å². The van der Waals surface area contributed by atoms with Crippen molar-refractivity contribution in [2.45, 2.75) is 17.4 Å². The average Bonchev–Trinajstić information content (AvgIpc) is 2.81. The summed E-state index contributed by atoms with van der Waals surface area (Å²) in [5, 5.41) is 4.21. The molecule has 0 radical (unpaired) electrons. The quantitative estimate of drug-likeness (QED) is 0.705. The van der Waals surface area contributed by atoms with Gasteiger partial charge >= 0.3 is 0 Å². The van der Waals surface area contributed by atoms with Crippen molar-refractivity contribution in [2.24, 2.45) is 0 Å². The van der Waals surface area contributed by atoms with Crippen molar-refractivity contribution in [1.29, 1.82) is 0 Å². The summed E-state index contributed by atoms with van der Waals surface area (Å²) in [6, 6.07) is 12.7.